The molecule has 1 saturated heterocycles. The van der Waals surface area contributed by atoms with E-state index in [1.165, 1.54) is 0 Å². The molecule has 4 heteroatoms. The van der Waals surface area contributed by atoms with Crippen molar-refractivity contribution < 1.29 is 9.84 Å². The van der Waals surface area contributed by atoms with Crippen molar-refractivity contribution >= 4 is 17.2 Å². The number of thiocarbonyl (C=S) groups is 1. The fourth-order valence-corrected chi connectivity index (χ4v) is 2.31. The van der Waals surface area contributed by atoms with Gasteiger partial charge in [0.2, 0.25) is 0 Å². The number of benzene rings is 1. The molecule has 0 amide bonds. The number of phenolic OH excluding ortho intramolecular Hbond substituents is 1. The molecule has 17 heavy (non-hydrogen) atoms. The van der Waals surface area contributed by atoms with Gasteiger partial charge in [-0.15, -0.1) is 0 Å². The van der Waals surface area contributed by atoms with Crippen LogP contribution >= 0.6 is 12.2 Å². The summed E-state index contributed by atoms with van der Waals surface area (Å²) < 4.78 is 5.78. The molecule has 1 heterocycles. The van der Waals surface area contributed by atoms with Crippen LogP contribution in [0.1, 0.15) is 24.2 Å². The summed E-state index contributed by atoms with van der Waals surface area (Å²) >= 11 is 5.20. The van der Waals surface area contributed by atoms with E-state index in [1.807, 2.05) is 19.9 Å². The molecular weight excluding hydrogens is 234 g/mol. The smallest absolute Gasteiger partial charge is 0.115 e. The quantitative estimate of drug-likeness (QED) is 0.777. The molecule has 0 radical (unpaired) electrons. The third-order valence-corrected chi connectivity index (χ3v) is 3.37. The highest BCUT2D eigenvalue weighted by molar-refractivity contribution is 7.80. The van der Waals surface area contributed by atoms with Gasteiger partial charge >= 0.3 is 0 Å². The second kappa shape index (κ2) is 5.02. The van der Waals surface area contributed by atoms with E-state index in [1.54, 1.807) is 12.1 Å². The number of morpholine rings is 1. The Labute approximate surface area is 107 Å². The van der Waals surface area contributed by atoms with Crippen LogP contribution in [0.15, 0.2) is 18.2 Å². The normalized spacial score (nSPS) is 20.4. The number of aromatic hydroxyl groups is 1. The Hall–Kier alpha value is -1.13. The summed E-state index contributed by atoms with van der Waals surface area (Å²) in [5.74, 6) is 0.296. The molecule has 92 valence electrons. The Morgan fingerprint density at radius 2 is 2.29 bits per heavy atom. The van der Waals surface area contributed by atoms with Crippen molar-refractivity contribution in [1.82, 2.24) is 4.90 Å². The standard InChI is InChI=1S/C13H17NO2S/c1-9-7-11(15)3-4-12(9)13-8-14(10(2)17)5-6-16-13/h3-4,7,13,15H,5-6,8H2,1-2H3. The Morgan fingerprint density at radius 1 is 1.53 bits per heavy atom. The number of hydrogen-bond acceptors (Lipinski definition) is 3. The third kappa shape index (κ3) is 2.76. The van der Waals surface area contributed by atoms with Gasteiger partial charge < -0.3 is 14.7 Å². The van der Waals surface area contributed by atoms with Gasteiger partial charge in [0.25, 0.3) is 0 Å². The minimum Gasteiger partial charge on any atom is -0.508 e. The minimum atomic E-state index is 0.0437. The molecule has 2 rings (SSSR count). The lowest BCUT2D eigenvalue weighted by Crippen LogP contribution is -2.40. The van der Waals surface area contributed by atoms with Gasteiger partial charge in [0.1, 0.15) is 11.9 Å². The molecule has 1 aromatic rings. The number of phenols is 1. The number of ether oxygens (including phenoxy) is 1. The van der Waals surface area contributed by atoms with Gasteiger partial charge in [-0.1, -0.05) is 18.3 Å². The SMILES string of the molecule is CC(=S)N1CCOC(c2ccc(O)cc2C)C1. The van der Waals surface area contributed by atoms with Gasteiger partial charge in [-0.3, -0.25) is 0 Å². The first-order valence-corrected chi connectivity index (χ1v) is 6.15. The van der Waals surface area contributed by atoms with Crippen LogP contribution in [0.5, 0.6) is 5.75 Å². The second-order valence-corrected chi connectivity index (χ2v) is 4.96. The highest BCUT2D eigenvalue weighted by Gasteiger charge is 2.23. The molecule has 0 spiro atoms. The first-order chi connectivity index (χ1) is 8.08. The van der Waals surface area contributed by atoms with E-state index in [2.05, 4.69) is 4.90 Å². The molecule has 1 unspecified atom stereocenters. The summed E-state index contributed by atoms with van der Waals surface area (Å²) in [5.41, 5.74) is 2.18. The predicted molar refractivity (Wildman–Crippen MR) is 71.4 cm³/mol. The highest BCUT2D eigenvalue weighted by atomic mass is 32.1. The Kier molecular flexibility index (Phi) is 3.64. The summed E-state index contributed by atoms with van der Waals surface area (Å²) in [6, 6.07) is 5.40. The molecular formula is C13H17NO2S. The van der Waals surface area contributed by atoms with Gasteiger partial charge in [-0.2, -0.15) is 0 Å². The van der Waals surface area contributed by atoms with Gasteiger partial charge in [0.15, 0.2) is 0 Å². The molecule has 0 aromatic heterocycles. The van der Waals surface area contributed by atoms with E-state index in [0.29, 0.717) is 12.4 Å². The first kappa shape index (κ1) is 12.3. The maximum Gasteiger partial charge on any atom is 0.115 e. The minimum absolute atomic E-state index is 0.0437. The lowest BCUT2D eigenvalue weighted by molar-refractivity contribution is -0.00662. The summed E-state index contributed by atoms with van der Waals surface area (Å²) in [7, 11) is 0. The van der Waals surface area contributed by atoms with Crippen molar-refractivity contribution in [2.75, 3.05) is 19.7 Å². The monoisotopic (exact) mass is 251 g/mol. The van der Waals surface area contributed by atoms with Crippen molar-refractivity contribution in [3.8, 4) is 5.75 Å². The molecule has 1 atom stereocenters. The Bertz CT molecular complexity index is 433. The van der Waals surface area contributed by atoms with Crippen molar-refractivity contribution in [1.29, 1.82) is 0 Å². The van der Waals surface area contributed by atoms with Crippen LogP contribution < -0.4 is 0 Å². The Balaban J connectivity index is 2.19. The Morgan fingerprint density at radius 3 is 2.94 bits per heavy atom. The first-order valence-electron chi connectivity index (χ1n) is 5.74. The number of hydrogen-bond donors (Lipinski definition) is 1. The van der Waals surface area contributed by atoms with Gasteiger partial charge in [-0.25, -0.2) is 0 Å². The maximum atomic E-state index is 9.40. The molecule has 3 nitrogen and oxygen atoms in total. The lowest BCUT2D eigenvalue weighted by atomic mass is 10.0. The van der Waals surface area contributed by atoms with E-state index in [4.69, 9.17) is 17.0 Å². The average molecular weight is 251 g/mol. The zero-order valence-corrected chi connectivity index (χ0v) is 11.0. The molecule has 0 saturated carbocycles. The van der Waals surface area contributed by atoms with Gasteiger partial charge in [-0.05, 0) is 37.1 Å². The summed E-state index contributed by atoms with van der Waals surface area (Å²) in [6.07, 6.45) is 0.0437. The van der Waals surface area contributed by atoms with Crippen LogP contribution in [0.4, 0.5) is 0 Å². The molecule has 1 N–H and O–H groups in total. The third-order valence-electron chi connectivity index (χ3n) is 3.11. The van der Waals surface area contributed by atoms with Crippen molar-refractivity contribution in [3.63, 3.8) is 0 Å². The number of nitrogens with zero attached hydrogens (tertiary/aromatic N) is 1. The van der Waals surface area contributed by atoms with Crippen molar-refractivity contribution in [2.24, 2.45) is 0 Å². The number of aryl methyl sites for hydroxylation is 1. The highest BCUT2D eigenvalue weighted by Crippen LogP contribution is 2.27. The molecule has 1 aliphatic rings. The van der Waals surface area contributed by atoms with E-state index in [-0.39, 0.29) is 6.10 Å². The fraction of sp³-hybridized carbons (Fsp3) is 0.462. The van der Waals surface area contributed by atoms with E-state index < -0.39 is 0 Å². The fourth-order valence-electron chi connectivity index (χ4n) is 2.14. The summed E-state index contributed by atoms with van der Waals surface area (Å²) in [5, 5.41) is 9.40. The summed E-state index contributed by atoms with van der Waals surface area (Å²) in [4.78, 5) is 3.07. The van der Waals surface area contributed by atoms with Gasteiger partial charge in [0, 0.05) is 13.1 Å². The molecule has 0 bridgehead atoms. The van der Waals surface area contributed by atoms with Crippen LogP contribution in [0.25, 0.3) is 0 Å². The molecule has 1 aliphatic heterocycles. The van der Waals surface area contributed by atoms with Crippen LogP contribution in [-0.2, 0) is 4.74 Å². The van der Waals surface area contributed by atoms with Crippen LogP contribution in [0.3, 0.4) is 0 Å². The molecule has 1 fully saturated rings. The van der Waals surface area contributed by atoms with Crippen LogP contribution in [0, 0.1) is 6.92 Å². The predicted octanol–water partition coefficient (Wildman–Crippen LogP) is 2.42. The zero-order chi connectivity index (χ0) is 12.4. The number of rotatable bonds is 1. The van der Waals surface area contributed by atoms with E-state index >= 15 is 0 Å². The maximum absolute atomic E-state index is 9.40. The zero-order valence-electron chi connectivity index (χ0n) is 10.1. The van der Waals surface area contributed by atoms with Crippen molar-refractivity contribution in [3.05, 3.63) is 29.3 Å². The molecule has 0 aliphatic carbocycles. The van der Waals surface area contributed by atoms with Crippen molar-refractivity contribution in [2.45, 2.75) is 20.0 Å². The van der Waals surface area contributed by atoms with E-state index in [9.17, 15) is 5.11 Å². The van der Waals surface area contributed by atoms with Gasteiger partial charge in [0.05, 0.1) is 11.6 Å². The summed E-state index contributed by atoms with van der Waals surface area (Å²) in [6.45, 7) is 6.28. The topological polar surface area (TPSA) is 32.7 Å². The average Bonchev–Trinajstić information content (AvgIpc) is 2.29. The molecule has 1 aromatic carbocycles. The van der Waals surface area contributed by atoms with Crippen LogP contribution in [-0.4, -0.2) is 34.7 Å². The van der Waals surface area contributed by atoms with E-state index in [0.717, 1.165) is 29.2 Å². The van der Waals surface area contributed by atoms with Crippen LogP contribution in [0.2, 0.25) is 0 Å². The largest absolute Gasteiger partial charge is 0.508 e. The second-order valence-electron chi connectivity index (χ2n) is 4.37. The lowest BCUT2D eigenvalue weighted by Gasteiger charge is -2.34.